The second-order valence-electron chi connectivity index (χ2n) is 7.78. The number of hydrazine groups is 1. The molecule has 0 aromatic heterocycles. The minimum absolute atomic E-state index is 0.0586. The number of halogens is 1. The number of amides is 3. The number of benzene rings is 2. The van der Waals surface area contributed by atoms with Crippen LogP contribution in [-0.2, 0) is 17.8 Å². The van der Waals surface area contributed by atoms with Crippen LogP contribution in [0.2, 0.25) is 5.02 Å². The molecule has 3 unspecified atom stereocenters. The van der Waals surface area contributed by atoms with Gasteiger partial charge in [-0.05, 0) is 35.8 Å². The first kappa shape index (κ1) is 19.7. The van der Waals surface area contributed by atoms with Gasteiger partial charge in [0, 0.05) is 11.6 Å². The number of thioether (sulfide) groups is 1. The third-order valence-electron chi connectivity index (χ3n) is 6.00. The van der Waals surface area contributed by atoms with Crippen LogP contribution in [-0.4, -0.2) is 56.6 Å². The molecule has 3 amide bonds. The van der Waals surface area contributed by atoms with Crippen molar-refractivity contribution >= 4 is 35.3 Å². The van der Waals surface area contributed by atoms with E-state index in [4.69, 9.17) is 11.6 Å². The lowest BCUT2D eigenvalue weighted by molar-refractivity contribution is -0.144. The second-order valence-corrected chi connectivity index (χ2v) is 9.44. The molecule has 3 fully saturated rings. The molecular formula is C22H23ClN4O2S. The Labute approximate surface area is 185 Å². The molecule has 3 heterocycles. The zero-order valence-corrected chi connectivity index (χ0v) is 18.0. The Morgan fingerprint density at radius 2 is 1.83 bits per heavy atom. The largest absolute Gasteiger partial charge is 0.337 e. The lowest BCUT2D eigenvalue weighted by atomic mass is 10.0. The first-order chi connectivity index (χ1) is 14.6. The Bertz CT molecular complexity index is 959. The Morgan fingerprint density at radius 1 is 1.07 bits per heavy atom. The van der Waals surface area contributed by atoms with E-state index in [0.717, 1.165) is 24.2 Å². The van der Waals surface area contributed by atoms with E-state index in [1.165, 1.54) is 5.56 Å². The highest BCUT2D eigenvalue weighted by Crippen LogP contribution is 2.39. The molecule has 1 N–H and O–H groups in total. The van der Waals surface area contributed by atoms with Crippen molar-refractivity contribution in [1.82, 2.24) is 20.2 Å². The quantitative estimate of drug-likeness (QED) is 0.771. The fourth-order valence-electron chi connectivity index (χ4n) is 4.46. The van der Waals surface area contributed by atoms with Crippen molar-refractivity contribution in [2.45, 2.75) is 37.0 Å². The Kier molecular flexibility index (Phi) is 5.35. The van der Waals surface area contributed by atoms with Gasteiger partial charge in [0.25, 0.3) is 0 Å². The number of nitrogens with one attached hydrogen (secondary N) is 1. The van der Waals surface area contributed by atoms with Crippen LogP contribution < -0.4 is 5.43 Å². The summed E-state index contributed by atoms with van der Waals surface area (Å²) in [7, 11) is 0. The first-order valence-corrected chi connectivity index (χ1v) is 11.6. The normalized spacial score (nSPS) is 25.6. The summed E-state index contributed by atoms with van der Waals surface area (Å²) >= 11 is 7.98. The molecule has 2 aromatic carbocycles. The van der Waals surface area contributed by atoms with Crippen molar-refractivity contribution in [2.24, 2.45) is 0 Å². The van der Waals surface area contributed by atoms with Gasteiger partial charge in [-0.2, -0.15) is 5.43 Å². The van der Waals surface area contributed by atoms with Crippen LogP contribution in [0.1, 0.15) is 17.5 Å². The van der Waals surface area contributed by atoms with E-state index in [0.29, 0.717) is 18.1 Å². The predicted octanol–water partition coefficient (Wildman–Crippen LogP) is 3.32. The molecule has 30 heavy (non-hydrogen) atoms. The molecule has 5 rings (SSSR count). The standard InChI is InChI=1S/C22H23ClN4O2S/c23-17-9-5-4-8-16(17)14-26-22(29)27-18-11-13-30-19(18)20(28)25(21(27)24-26)12-10-15-6-2-1-3-7-15/h1-9,18-19,21,24H,10-14H2. The molecule has 3 aliphatic rings. The third-order valence-corrected chi connectivity index (χ3v) is 7.71. The van der Waals surface area contributed by atoms with Gasteiger partial charge in [-0.3, -0.25) is 14.7 Å². The molecule has 156 valence electrons. The maximum Gasteiger partial charge on any atom is 0.337 e. The van der Waals surface area contributed by atoms with Crippen molar-refractivity contribution in [1.29, 1.82) is 0 Å². The predicted molar refractivity (Wildman–Crippen MR) is 118 cm³/mol. The maximum absolute atomic E-state index is 13.3. The van der Waals surface area contributed by atoms with E-state index in [2.05, 4.69) is 17.6 Å². The highest BCUT2D eigenvalue weighted by Gasteiger charge is 2.55. The molecule has 3 saturated heterocycles. The van der Waals surface area contributed by atoms with Crippen molar-refractivity contribution in [3.8, 4) is 0 Å². The molecule has 0 bridgehead atoms. The minimum atomic E-state index is -0.448. The second kappa shape index (κ2) is 8.13. The maximum atomic E-state index is 13.3. The molecule has 2 aromatic rings. The molecular weight excluding hydrogens is 420 g/mol. The van der Waals surface area contributed by atoms with Crippen molar-refractivity contribution in [3.63, 3.8) is 0 Å². The highest BCUT2D eigenvalue weighted by atomic mass is 35.5. The van der Waals surface area contributed by atoms with E-state index >= 15 is 0 Å². The minimum Gasteiger partial charge on any atom is -0.307 e. The molecule has 3 aliphatic heterocycles. The van der Waals surface area contributed by atoms with Crippen LogP contribution in [0.3, 0.4) is 0 Å². The van der Waals surface area contributed by atoms with E-state index in [1.54, 1.807) is 16.8 Å². The number of carbonyl (C=O) groups excluding carboxylic acids is 2. The number of rotatable bonds is 5. The lowest BCUT2D eigenvalue weighted by Crippen LogP contribution is -2.66. The van der Waals surface area contributed by atoms with E-state index in [1.807, 2.05) is 52.3 Å². The molecule has 0 radical (unpaired) electrons. The molecule has 8 heteroatoms. The SMILES string of the molecule is O=C1C2SCCC2N2C(=O)N(Cc3ccccc3Cl)NC2N1CCc1ccccc1. The molecule has 6 nitrogen and oxygen atoms in total. The molecule has 0 saturated carbocycles. The molecule has 3 atom stereocenters. The van der Waals surface area contributed by atoms with Gasteiger partial charge in [0.05, 0.1) is 12.6 Å². The number of nitrogens with zero attached hydrogens (tertiary/aromatic N) is 3. The number of urea groups is 1. The first-order valence-electron chi connectivity index (χ1n) is 10.2. The molecule has 0 aliphatic carbocycles. The number of hydrogen-bond acceptors (Lipinski definition) is 4. The summed E-state index contributed by atoms with van der Waals surface area (Å²) in [6.45, 7) is 0.921. The summed E-state index contributed by atoms with van der Waals surface area (Å²) in [5.41, 5.74) is 5.35. The van der Waals surface area contributed by atoms with Gasteiger partial charge in [0.1, 0.15) is 5.25 Å². The van der Waals surface area contributed by atoms with Crippen LogP contribution in [0.4, 0.5) is 4.79 Å². The van der Waals surface area contributed by atoms with E-state index in [-0.39, 0.29) is 23.2 Å². The van der Waals surface area contributed by atoms with Gasteiger partial charge in [0.2, 0.25) is 5.91 Å². The van der Waals surface area contributed by atoms with Crippen LogP contribution in [0.25, 0.3) is 0 Å². The molecule has 0 spiro atoms. The van der Waals surface area contributed by atoms with Gasteiger partial charge in [-0.25, -0.2) is 4.79 Å². The monoisotopic (exact) mass is 442 g/mol. The summed E-state index contributed by atoms with van der Waals surface area (Å²) in [5, 5.41) is 2.05. The fourth-order valence-corrected chi connectivity index (χ4v) is 6.06. The highest BCUT2D eigenvalue weighted by molar-refractivity contribution is 8.00. The van der Waals surface area contributed by atoms with Gasteiger partial charge in [0.15, 0.2) is 6.29 Å². The van der Waals surface area contributed by atoms with Gasteiger partial charge in [-0.15, -0.1) is 11.8 Å². The summed E-state index contributed by atoms with van der Waals surface area (Å²) in [6.07, 6.45) is 1.15. The van der Waals surface area contributed by atoms with Crippen LogP contribution in [0, 0.1) is 0 Å². The average molecular weight is 443 g/mol. The zero-order chi connectivity index (χ0) is 20.7. The fraction of sp³-hybridized carbons (Fsp3) is 0.364. The average Bonchev–Trinajstić information content (AvgIpc) is 3.36. The van der Waals surface area contributed by atoms with Crippen LogP contribution in [0.5, 0.6) is 0 Å². The number of fused-ring (bicyclic) bond motifs is 3. The van der Waals surface area contributed by atoms with Crippen LogP contribution in [0.15, 0.2) is 54.6 Å². The van der Waals surface area contributed by atoms with E-state index in [9.17, 15) is 9.59 Å². The number of carbonyl (C=O) groups is 2. The third kappa shape index (κ3) is 3.45. The summed E-state index contributed by atoms with van der Waals surface area (Å²) in [5.74, 6) is 1.02. The van der Waals surface area contributed by atoms with Crippen LogP contribution >= 0.6 is 23.4 Å². The smallest absolute Gasteiger partial charge is 0.307 e. The summed E-state index contributed by atoms with van der Waals surface area (Å²) in [6, 6.07) is 17.5. The van der Waals surface area contributed by atoms with Crippen molar-refractivity contribution in [3.05, 3.63) is 70.7 Å². The Morgan fingerprint density at radius 3 is 2.63 bits per heavy atom. The number of hydrogen-bond donors (Lipinski definition) is 1. The van der Waals surface area contributed by atoms with Gasteiger partial charge < -0.3 is 4.90 Å². The Hall–Kier alpha value is -2.22. The van der Waals surface area contributed by atoms with Gasteiger partial charge >= 0.3 is 6.03 Å². The Balaban J connectivity index is 1.39. The summed E-state index contributed by atoms with van der Waals surface area (Å²) < 4.78 is 0. The van der Waals surface area contributed by atoms with Crippen molar-refractivity contribution in [2.75, 3.05) is 12.3 Å². The van der Waals surface area contributed by atoms with E-state index < -0.39 is 6.29 Å². The van der Waals surface area contributed by atoms with Gasteiger partial charge in [-0.1, -0.05) is 60.1 Å². The summed E-state index contributed by atoms with van der Waals surface area (Å²) in [4.78, 5) is 30.3. The zero-order valence-electron chi connectivity index (χ0n) is 16.4. The topological polar surface area (TPSA) is 55.9 Å². The van der Waals surface area contributed by atoms with Crippen molar-refractivity contribution < 1.29 is 9.59 Å². The lowest BCUT2D eigenvalue weighted by Gasteiger charge is -2.44.